The summed E-state index contributed by atoms with van der Waals surface area (Å²) in [6, 6.07) is 11.9. The Balaban J connectivity index is 1.32. The summed E-state index contributed by atoms with van der Waals surface area (Å²) in [4.78, 5) is 16.9. The molecule has 1 saturated heterocycles. The van der Waals surface area contributed by atoms with Crippen LogP contribution < -0.4 is 4.74 Å². The van der Waals surface area contributed by atoms with E-state index < -0.39 is 0 Å². The molecule has 2 aromatic carbocycles. The van der Waals surface area contributed by atoms with Gasteiger partial charge in [0.15, 0.2) is 11.5 Å². The molecule has 1 aliphatic rings. The van der Waals surface area contributed by atoms with Crippen LogP contribution in [0, 0.1) is 0 Å². The van der Waals surface area contributed by atoms with Gasteiger partial charge in [0.1, 0.15) is 12.4 Å². The number of ether oxygens (including phenoxy) is 1. The predicted molar refractivity (Wildman–Crippen MR) is 132 cm³/mol. The van der Waals surface area contributed by atoms with Crippen LogP contribution in [0.25, 0.3) is 0 Å². The Labute approximate surface area is 216 Å². The van der Waals surface area contributed by atoms with Crippen molar-refractivity contribution in [3.05, 3.63) is 84.7 Å². The van der Waals surface area contributed by atoms with Crippen molar-refractivity contribution in [3.63, 3.8) is 0 Å². The van der Waals surface area contributed by atoms with Gasteiger partial charge in [-0.05, 0) is 36.4 Å². The lowest BCUT2D eigenvalue weighted by atomic mass is 10.2. The molecule has 1 fully saturated rings. The van der Waals surface area contributed by atoms with E-state index in [0.29, 0.717) is 69.3 Å². The summed E-state index contributed by atoms with van der Waals surface area (Å²) in [6.07, 6.45) is 0. The second-order valence-electron chi connectivity index (χ2n) is 7.52. The number of hydrogen-bond donors (Lipinski definition) is 0. The summed E-state index contributed by atoms with van der Waals surface area (Å²) >= 11 is 30.7. The van der Waals surface area contributed by atoms with Gasteiger partial charge < -0.3 is 14.1 Å². The van der Waals surface area contributed by atoms with Crippen molar-refractivity contribution in [1.82, 2.24) is 9.80 Å². The molecule has 1 aliphatic heterocycles. The minimum Gasteiger partial charge on any atom is -0.483 e. The number of halogens is 5. The lowest BCUT2D eigenvalue weighted by Gasteiger charge is -2.34. The van der Waals surface area contributed by atoms with Crippen LogP contribution in [-0.4, -0.2) is 41.9 Å². The standard InChI is InChI=1S/C23H19Cl5N2O3/c24-14-10-19(27)22(20(28)11-14)32-13-15-4-5-21(33-15)23(31)30-8-6-29(7-9-30)12-16-17(25)2-1-3-18(16)26/h1-5,10-11H,6-9,12-13H2. The number of benzene rings is 2. The van der Waals surface area contributed by atoms with Crippen molar-refractivity contribution in [2.45, 2.75) is 13.2 Å². The maximum atomic E-state index is 12.9. The minimum absolute atomic E-state index is 0.0702. The van der Waals surface area contributed by atoms with E-state index in [4.69, 9.17) is 67.2 Å². The van der Waals surface area contributed by atoms with Crippen LogP contribution in [0.4, 0.5) is 0 Å². The van der Waals surface area contributed by atoms with E-state index in [9.17, 15) is 4.79 Å². The highest BCUT2D eigenvalue weighted by Crippen LogP contribution is 2.36. The fourth-order valence-corrected chi connectivity index (χ4v) is 5.00. The zero-order valence-electron chi connectivity index (χ0n) is 17.3. The molecule has 10 heteroatoms. The number of piperazine rings is 1. The van der Waals surface area contributed by atoms with Crippen LogP contribution in [0.2, 0.25) is 25.1 Å². The Hall–Kier alpha value is -1.60. The van der Waals surface area contributed by atoms with Crippen molar-refractivity contribution < 1.29 is 13.9 Å². The summed E-state index contributed by atoms with van der Waals surface area (Å²) in [7, 11) is 0. The number of rotatable bonds is 6. The molecule has 0 spiro atoms. The Morgan fingerprint density at radius 1 is 0.879 bits per heavy atom. The van der Waals surface area contributed by atoms with E-state index in [1.165, 1.54) is 0 Å². The number of amides is 1. The molecule has 3 aromatic rings. The largest absolute Gasteiger partial charge is 0.483 e. The summed E-state index contributed by atoms with van der Waals surface area (Å²) in [5.74, 6) is 0.873. The summed E-state index contributed by atoms with van der Waals surface area (Å²) in [5.41, 5.74) is 0.900. The normalized spacial score (nSPS) is 14.5. The smallest absolute Gasteiger partial charge is 0.289 e. The zero-order valence-corrected chi connectivity index (χ0v) is 21.1. The average Bonchev–Trinajstić information content (AvgIpc) is 3.24. The van der Waals surface area contributed by atoms with Crippen LogP contribution in [0.5, 0.6) is 5.75 Å². The third kappa shape index (κ3) is 5.91. The average molecular weight is 549 g/mol. The molecule has 0 radical (unpaired) electrons. The first-order valence-corrected chi connectivity index (χ1v) is 12.0. The lowest BCUT2D eigenvalue weighted by molar-refractivity contribution is 0.0594. The van der Waals surface area contributed by atoms with Crippen LogP contribution >= 0.6 is 58.0 Å². The van der Waals surface area contributed by atoms with E-state index in [0.717, 1.165) is 5.56 Å². The molecule has 174 valence electrons. The molecule has 2 heterocycles. The molecule has 1 aromatic heterocycles. The van der Waals surface area contributed by atoms with Crippen molar-refractivity contribution in [2.75, 3.05) is 26.2 Å². The Bertz CT molecular complexity index is 1120. The maximum absolute atomic E-state index is 12.9. The van der Waals surface area contributed by atoms with Gasteiger partial charge in [0.05, 0.1) is 10.0 Å². The zero-order chi connectivity index (χ0) is 23.5. The molecule has 0 aliphatic carbocycles. The molecule has 0 atom stereocenters. The summed E-state index contributed by atoms with van der Waals surface area (Å²) in [5, 5.41) is 2.30. The van der Waals surface area contributed by atoms with Gasteiger partial charge in [0.2, 0.25) is 0 Å². The third-order valence-electron chi connectivity index (χ3n) is 5.30. The van der Waals surface area contributed by atoms with Crippen LogP contribution in [-0.2, 0) is 13.2 Å². The SMILES string of the molecule is O=C(c1ccc(COc2c(Cl)cc(Cl)cc2Cl)o1)N1CCN(Cc2c(Cl)cccc2Cl)CC1. The van der Waals surface area contributed by atoms with Gasteiger partial charge in [-0.25, -0.2) is 0 Å². The molecule has 0 N–H and O–H groups in total. The molecule has 33 heavy (non-hydrogen) atoms. The molecule has 0 unspecified atom stereocenters. The van der Waals surface area contributed by atoms with E-state index in [-0.39, 0.29) is 18.3 Å². The van der Waals surface area contributed by atoms with Gasteiger partial charge >= 0.3 is 0 Å². The predicted octanol–water partition coefficient (Wildman–Crippen LogP) is 7.08. The number of carbonyl (C=O) groups excluding carboxylic acids is 1. The fraction of sp³-hybridized carbons (Fsp3) is 0.261. The molecule has 0 bridgehead atoms. The second kappa shape index (κ2) is 10.8. The van der Waals surface area contributed by atoms with Gasteiger partial charge in [0.25, 0.3) is 5.91 Å². The second-order valence-corrected chi connectivity index (χ2v) is 9.59. The van der Waals surface area contributed by atoms with Crippen molar-refractivity contribution in [2.24, 2.45) is 0 Å². The summed E-state index contributed by atoms with van der Waals surface area (Å²) < 4.78 is 11.4. The lowest BCUT2D eigenvalue weighted by Crippen LogP contribution is -2.48. The van der Waals surface area contributed by atoms with E-state index in [1.54, 1.807) is 29.2 Å². The van der Waals surface area contributed by atoms with E-state index in [1.807, 2.05) is 18.2 Å². The van der Waals surface area contributed by atoms with Gasteiger partial charge in [-0.2, -0.15) is 0 Å². The number of hydrogen-bond acceptors (Lipinski definition) is 4. The summed E-state index contributed by atoms with van der Waals surface area (Å²) in [6.45, 7) is 3.27. The minimum atomic E-state index is -0.167. The molecule has 0 saturated carbocycles. The Kier molecular flexibility index (Phi) is 8.00. The first-order valence-electron chi connectivity index (χ1n) is 10.1. The first-order chi connectivity index (χ1) is 15.8. The van der Waals surface area contributed by atoms with Crippen molar-refractivity contribution in [3.8, 4) is 5.75 Å². The highest BCUT2D eigenvalue weighted by molar-refractivity contribution is 6.40. The Morgan fingerprint density at radius 2 is 1.52 bits per heavy atom. The fourth-order valence-electron chi connectivity index (χ4n) is 3.55. The third-order valence-corrected chi connectivity index (χ3v) is 6.79. The van der Waals surface area contributed by atoms with Gasteiger partial charge in [-0.3, -0.25) is 9.69 Å². The Morgan fingerprint density at radius 3 is 2.15 bits per heavy atom. The molecule has 1 amide bonds. The van der Waals surface area contributed by atoms with Crippen LogP contribution in [0.15, 0.2) is 46.9 Å². The van der Waals surface area contributed by atoms with Gasteiger partial charge in [-0.1, -0.05) is 64.1 Å². The molecule has 4 rings (SSSR count). The molecule has 5 nitrogen and oxygen atoms in total. The first kappa shape index (κ1) is 24.5. The monoisotopic (exact) mass is 546 g/mol. The van der Waals surface area contributed by atoms with Crippen LogP contribution in [0.3, 0.4) is 0 Å². The number of nitrogens with zero attached hydrogens (tertiary/aromatic N) is 2. The number of furan rings is 1. The van der Waals surface area contributed by atoms with Gasteiger partial charge in [0, 0.05) is 53.4 Å². The molecular weight excluding hydrogens is 530 g/mol. The van der Waals surface area contributed by atoms with Crippen molar-refractivity contribution in [1.29, 1.82) is 0 Å². The van der Waals surface area contributed by atoms with Gasteiger partial charge in [-0.15, -0.1) is 0 Å². The van der Waals surface area contributed by atoms with Crippen molar-refractivity contribution >= 4 is 63.9 Å². The van der Waals surface area contributed by atoms with Crippen LogP contribution in [0.1, 0.15) is 21.9 Å². The quantitative estimate of drug-likeness (QED) is 0.330. The number of carbonyl (C=O) groups is 1. The topological polar surface area (TPSA) is 45.9 Å². The highest BCUT2D eigenvalue weighted by atomic mass is 35.5. The molecular formula is C23H19Cl5N2O3. The highest BCUT2D eigenvalue weighted by Gasteiger charge is 2.25. The van der Waals surface area contributed by atoms with E-state index in [2.05, 4.69) is 4.90 Å². The van der Waals surface area contributed by atoms with E-state index >= 15 is 0 Å². The maximum Gasteiger partial charge on any atom is 0.289 e.